The zero-order valence-corrected chi connectivity index (χ0v) is 9.99. The lowest BCUT2D eigenvalue weighted by Crippen LogP contribution is -2.47. The first kappa shape index (κ1) is 14.9. The number of carbonyl (C=O) groups excluding carboxylic acids is 1. The van der Waals surface area contributed by atoms with Gasteiger partial charge < -0.3 is 20.4 Å². The van der Waals surface area contributed by atoms with Crippen molar-refractivity contribution in [3.63, 3.8) is 0 Å². The number of carbonyl (C=O) groups is 2. The highest BCUT2D eigenvalue weighted by Crippen LogP contribution is 2.00. The van der Waals surface area contributed by atoms with E-state index in [0.717, 1.165) is 0 Å². The molecule has 0 aromatic rings. The summed E-state index contributed by atoms with van der Waals surface area (Å²) in [5, 5.41) is 20.6. The van der Waals surface area contributed by atoms with E-state index in [2.05, 4.69) is 5.32 Å². The van der Waals surface area contributed by atoms with Crippen molar-refractivity contribution in [2.45, 2.75) is 26.4 Å². The monoisotopic (exact) mass is 232 g/mol. The molecule has 0 radical (unpaired) electrons. The molecule has 6 heteroatoms. The molecule has 0 saturated heterocycles. The fourth-order valence-electron chi connectivity index (χ4n) is 1.18. The Labute approximate surface area is 95.2 Å². The standard InChI is InChI=1S/C10H20N2O4/c1-4-12(5-2)8(13)6-11-7-10(3,16)9(14)15/h11,16H,4-7H2,1-3H3,(H,14,15). The van der Waals surface area contributed by atoms with E-state index in [1.807, 2.05) is 13.8 Å². The van der Waals surface area contributed by atoms with Gasteiger partial charge in [0.05, 0.1) is 6.54 Å². The number of carboxylic acid groups (broad SMARTS) is 1. The summed E-state index contributed by atoms with van der Waals surface area (Å²) >= 11 is 0. The molecule has 1 unspecified atom stereocenters. The van der Waals surface area contributed by atoms with Crippen molar-refractivity contribution >= 4 is 11.9 Å². The number of hydrogen-bond donors (Lipinski definition) is 3. The fraction of sp³-hybridized carbons (Fsp3) is 0.800. The SMILES string of the molecule is CCN(CC)C(=O)CNCC(C)(O)C(=O)O. The van der Waals surface area contributed by atoms with Gasteiger partial charge in [0.2, 0.25) is 5.91 Å². The highest BCUT2D eigenvalue weighted by molar-refractivity contribution is 5.79. The number of aliphatic hydroxyl groups is 1. The van der Waals surface area contributed by atoms with Crippen molar-refractivity contribution in [1.29, 1.82) is 0 Å². The van der Waals surface area contributed by atoms with Gasteiger partial charge in [0, 0.05) is 19.6 Å². The van der Waals surface area contributed by atoms with Crippen LogP contribution in [0, 0.1) is 0 Å². The number of nitrogens with zero attached hydrogens (tertiary/aromatic N) is 1. The number of carboxylic acids is 1. The van der Waals surface area contributed by atoms with Crippen LogP contribution in [0.5, 0.6) is 0 Å². The average Bonchev–Trinajstić information content (AvgIpc) is 2.19. The molecular formula is C10H20N2O4. The smallest absolute Gasteiger partial charge is 0.336 e. The summed E-state index contributed by atoms with van der Waals surface area (Å²) in [5.74, 6) is -1.42. The van der Waals surface area contributed by atoms with Crippen LogP contribution < -0.4 is 5.32 Å². The van der Waals surface area contributed by atoms with E-state index in [1.54, 1.807) is 4.90 Å². The number of amides is 1. The molecule has 0 aliphatic heterocycles. The van der Waals surface area contributed by atoms with Crippen molar-refractivity contribution < 1.29 is 19.8 Å². The molecular weight excluding hydrogens is 212 g/mol. The summed E-state index contributed by atoms with van der Waals surface area (Å²) < 4.78 is 0. The van der Waals surface area contributed by atoms with E-state index >= 15 is 0 Å². The molecule has 0 saturated carbocycles. The number of hydrogen-bond acceptors (Lipinski definition) is 4. The second kappa shape index (κ2) is 6.44. The first-order valence-corrected chi connectivity index (χ1v) is 5.29. The van der Waals surface area contributed by atoms with Crippen LogP contribution in [0.15, 0.2) is 0 Å². The molecule has 16 heavy (non-hydrogen) atoms. The van der Waals surface area contributed by atoms with Crippen LogP contribution in [0.4, 0.5) is 0 Å². The summed E-state index contributed by atoms with van der Waals surface area (Å²) in [6.07, 6.45) is 0. The molecule has 0 aromatic heterocycles. The maximum absolute atomic E-state index is 11.5. The molecule has 0 aliphatic rings. The van der Waals surface area contributed by atoms with Crippen LogP contribution >= 0.6 is 0 Å². The first-order chi connectivity index (χ1) is 7.35. The van der Waals surface area contributed by atoms with Gasteiger partial charge in [-0.3, -0.25) is 4.79 Å². The predicted molar refractivity (Wildman–Crippen MR) is 59.1 cm³/mol. The zero-order chi connectivity index (χ0) is 12.8. The number of likely N-dealkylation sites (N-methyl/N-ethyl adjacent to an activating group) is 1. The molecule has 0 rings (SSSR count). The van der Waals surface area contributed by atoms with Gasteiger partial charge in [-0.05, 0) is 20.8 Å². The minimum Gasteiger partial charge on any atom is -0.479 e. The Morgan fingerprint density at radius 3 is 2.19 bits per heavy atom. The van der Waals surface area contributed by atoms with Crippen LogP contribution in [0.3, 0.4) is 0 Å². The maximum Gasteiger partial charge on any atom is 0.336 e. The molecule has 0 bridgehead atoms. The fourth-order valence-corrected chi connectivity index (χ4v) is 1.18. The third kappa shape index (κ3) is 4.59. The van der Waals surface area contributed by atoms with Gasteiger partial charge in [0.25, 0.3) is 0 Å². The van der Waals surface area contributed by atoms with E-state index in [1.165, 1.54) is 6.92 Å². The number of rotatable bonds is 7. The number of nitrogens with one attached hydrogen (secondary N) is 1. The normalized spacial score (nSPS) is 14.2. The second-order valence-corrected chi connectivity index (χ2v) is 3.75. The van der Waals surface area contributed by atoms with Crippen LogP contribution in [0.25, 0.3) is 0 Å². The summed E-state index contributed by atoms with van der Waals surface area (Å²) in [6.45, 7) is 6.03. The topological polar surface area (TPSA) is 89.9 Å². The van der Waals surface area contributed by atoms with E-state index in [-0.39, 0.29) is 19.0 Å². The molecule has 6 nitrogen and oxygen atoms in total. The largest absolute Gasteiger partial charge is 0.479 e. The van der Waals surface area contributed by atoms with Crippen LogP contribution in [-0.4, -0.2) is 58.8 Å². The van der Waals surface area contributed by atoms with Crippen LogP contribution in [-0.2, 0) is 9.59 Å². The molecule has 1 atom stereocenters. The molecule has 0 spiro atoms. The molecule has 0 aromatic carbocycles. The molecule has 0 aliphatic carbocycles. The third-order valence-corrected chi connectivity index (χ3v) is 2.32. The van der Waals surface area contributed by atoms with Gasteiger partial charge >= 0.3 is 5.97 Å². The maximum atomic E-state index is 11.5. The molecule has 0 heterocycles. The minimum atomic E-state index is -1.84. The zero-order valence-electron chi connectivity index (χ0n) is 9.99. The van der Waals surface area contributed by atoms with Crippen molar-refractivity contribution in [3.8, 4) is 0 Å². The van der Waals surface area contributed by atoms with Crippen molar-refractivity contribution in [1.82, 2.24) is 10.2 Å². The molecule has 1 amide bonds. The molecule has 3 N–H and O–H groups in total. The van der Waals surface area contributed by atoms with Gasteiger partial charge in [0.1, 0.15) is 0 Å². The second-order valence-electron chi connectivity index (χ2n) is 3.75. The van der Waals surface area contributed by atoms with Gasteiger partial charge in [-0.15, -0.1) is 0 Å². The minimum absolute atomic E-state index is 0.0328. The van der Waals surface area contributed by atoms with Crippen LogP contribution in [0.2, 0.25) is 0 Å². The Kier molecular flexibility index (Phi) is 5.98. The van der Waals surface area contributed by atoms with Crippen molar-refractivity contribution in [2.24, 2.45) is 0 Å². The lowest BCUT2D eigenvalue weighted by atomic mass is 10.1. The van der Waals surface area contributed by atoms with E-state index < -0.39 is 11.6 Å². The third-order valence-electron chi connectivity index (χ3n) is 2.32. The summed E-state index contributed by atoms with van der Waals surface area (Å²) in [5.41, 5.74) is -1.84. The molecule has 0 fully saturated rings. The highest BCUT2D eigenvalue weighted by Gasteiger charge is 2.29. The Bertz CT molecular complexity index is 249. The predicted octanol–water partition coefficient (Wildman–Crippen LogP) is -0.720. The summed E-state index contributed by atoms with van der Waals surface area (Å²) in [6, 6.07) is 0. The van der Waals surface area contributed by atoms with Gasteiger partial charge in [0.15, 0.2) is 5.60 Å². The summed E-state index contributed by atoms with van der Waals surface area (Å²) in [7, 11) is 0. The molecule has 94 valence electrons. The quantitative estimate of drug-likeness (QED) is 0.539. The van der Waals surface area contributed by atoms with Crippen molar-refractivity contribution in [2.75, 3.05) is 26.2 Å². The van der Waals surface area contributed by atoms with E-state index in [4.69, 9.17) is 5.11 Å². The average molecular weight is 232 g/mol. The Morgan fingerprint density at radius 2 is 1.81 bits per heavy atom. The number of aliphatic carboxylic acids is 1. The summed E-state index contributed by atoms with van der Waals surface area (Å²) in [4.78, 5) is 23.7. The highest BCUT2D eigenvalue weighted by atomic mass is 16.4. The Morgan fingerprint density at radius 1 is 1.31 bits per heavy atom. The van der Waals surface area contributed by atoms with Gasteiger partial charge in [-0.1, -0.05) is 0 Å². The lowest BCUT2D eigenvalue weighted by Gasteiger charge is -2.21. The Hall–Kier alpha value is -1.14. The van der Waals surface area contributed by atoms with E-state index in [0.29, 0.717) is 13.1 Å². The lowest BCUT2D eigenvalue weighted by molar-refractivity contribution is -0.156. The van der Waals surface area contributed by atoms with Gasteiger partial charge in [-0.25, -0.2) is 4.79 Å². The van der Waals surface area contributed by atoms with Crippen molar-refractivity contribution in [3.05, 3.63) is 0 Å². The van der Waals surface area contributed by atoms with E-state index in [9.17, 15) is 14.7 Å². The van der Waals surface area contributed by atoms with Crippen LogP contribution in [0.1, 0.15) is 20.8 Å². The first-order valence-electron chi connectivity index (χ1n) is 5.29. The van der Waals surface area contributed by atoms with Gasteiger partial charge in [-0.2, -0.15) is 0 Å². The Balaban J connectivity index is 3.99.